The molecule has 0 aromatic rings. The third-order valence-corrected chi connectivity index (χ3v) is 5.18. The van der Waals surface area contributed by atoms with E-state index in [1.54, 1.807) is 7.11 Å². The summed E-state index contributed by atoms with van der Waals surface area (Å²) in [6.45, 7) is 6.29. The van der Waals surface area contributed by atoms with Crippen LogP contribution in [0.15, 0.2) is 4.99 Å². The van der Waals surface area contributed by atoms with Crippen LogP contribution in [-0.4, -0.2) is 63.2 Å². The molecule has 6 nitrogen and oxygen atoms in total. The van der Waals surface area contributed by atoms with E-state index in [1.807, 2.05) is 0 Å². The van der Waals surface area contributed by atoms with Crippen LogP contribution in [0, 0.1) is 5.41 Å². The second kappa shape index (κ2) is 10.8. The highest BCUT2D eigenvalue weighted by Gasteiger charge is 2.36. The summed E-state index contributed by atoms with van der Waals surface area (Å²) in [5.41, 5.74) is -0.368. The number of hydrogen-bond donors (Lipinski definition) is 3. The van der Waals surface area contributed by atoms with Crippen molar-refractivity contribution in [2.45, 2.75) is 51.0 Å². The monoisotopic (exact) mass is 455 g/mol. The average Bonchev–Trinajstić information content (AvgIpc) is 2.52. The van der Waals surface area contributed by atoms with Crippen molar-refractivity contribution in [3.63, 3.8) is 0 Å². The Hall–Kier alpha value is -0.120. The Labute approximate surface area is 163 Å². The number of nitrogens with one attached hydrogen (secondary N) is 2. The lowest BCUT2D eigenvalue weighted by Gasteiger charge is -2.41. The predicted octanol–water partition coefficient (Wildman–Crippen LogP) is 1.91. The molecule has 2 aliphatic rings. The minimum atomic E-state index is -0.682. The Kier molecular flexibility index (Phi) is 9.84. The second-order valence-electron chi connectivity index (χ2n) is 6.98. The highest BCUT2D eigenvalue weighted by atomic mass is 127. The van der Waals surface area contributed by atoms with Crippen molar-refractivity contribution in [2.24, 2.45) is 10.4 Å². The van der Waals surface area contributed by atoms with Crippen molar-refractivity contribution < 1.29 is 14.6 Å². The lowest BCUT2D eigenvalue weighted by Crippen LogP contribution is -2.50. The molecule has 142 valence electrons. The molecule has 1 aliphatic heterocycles. The first-order chi connectivity index (χ1) is 11.1. The molecule has 1 aliphatic carbocycles. The van der Waals surface area contributed by atoms with Gasteiger partial charge in [-0.15, -0.1) is 24.0 Å². The molecule has 0 atom stereocenters. The third kappa shape index (κ3) is 6.65. The first kappa shape index (κ1) is 21.9. The summed E-state index contributed by atoms with van der Waals surface area (Å²) in [7, 11) is 1.76. The van der Waals surface area contributed by atoms with Gasteiger partial charge in [0.2, 0.25) is 0 Å². The molecule has 0 bridgehead atoms. The van der Waals surface area contributed by atoms with Gasteiger partial charge >= 0.3 is 0 Å². The molecule has 1 saturated carbocycles. The maximum atomic E-state index is 10.5. The maximum Gasteiger partial charge on any atom is 0.191 e. The van der Waals surface area contributed by atoms with E-state index in [1.165, 1.54) is 19.3 Å². The fourth-order valence-corrected chi connectivity index (χ4v) is 3.25. The molecule has 3 N–H and O–H groups in total. The Balaban J connectivity index is 0.00000288. The van der Waals surface area contributed by atoms with Crippen molar-refractivity contribution in [2.75, 3.05) is 46.6 Å². The second-order valence-corrected chi connectivity index (χ2v) is 6.98. The minimum absolute atomic E-state index is 0. The van der Waals surface area contributed by atoms with E-state index in [-0.39, 0.29) is 24.0 Å². The van der Waals surface area contributed by atoms with Gasteiger partial charge < -0.3 is 25.2 Å². The first-order valence-corrected chi connectivity index (χ1v) is 8.93. The molecule has 1 saturated heterocycles. The average molecular weight is 455 g/mol. The third-order valence-electron chi connectivity index (χ3n) is 5.18. The van der Waals surface area contributed by atoms with Crippen LogP contribution >= 0.6 is 24.0 Å². The van der Waals surface area contributed by atoms with Crippen molar-refractivity contribution in [1.82, 2.24) is 10.6 Å². The number of aliphatic hydroxyl groups is 1. The largest absolute Gasteiger partial charge is 0.388 e. The molecule has 24 heavy (non-hydrogen) atoms. The normalized spacial score (nSPS) is 22.2. The zero-order chi connectivity index (χ0) is 16.6. The van der Waals surface area contributed by atoms with E-state index in [2.05, 4.69) is 17.6 Å². The maximum absolute atomic E-state index is 10.5. The van der Waals surface area contributed by atoms with Gasteiger partial charge in [-0.1, -0.05) is 6.42 Å². The summed E-state index contributed by atoms with van der Waals surface area (Å²) in [5, 5.41) is 17.1. The zero-order valence-electron chi connectivity index (χ0n) is 15.1. The highest BCUT2D eigenvalue weighted by molar-refractivity contribution is 14.0. The molecule has 0 aromatic carbocycles. The van der Waals surface area contributed by atoms with E-state index >= 15 is 0 Å². The van der Waals surface area contributed by atoms with Gasteiger partial charge in [0.1, 0.15) is 0 Å². The van der Waals surface area contributed by atoms with Gasteiger partial charge in [-0.25, -0.2) is 0 Å². The number of hydrogen-bond acceptors (Lipinski definition) is 4. The van der Waals surface area contributed by atoms with Crippen molar-refractivity contribution >= 4 is 29.9 Å². The van der Waals surface area contributed by atoms with Gasteiger partial charge in [0.25, 0.3) is 0 Å². The van der Waals surface area contributed by atoms with Gasteiger partial charge in [0.05, 0.1) is 5.60 Å². The Morgan fingerprint density at radius 1 is 1.21 bits per heavy atom. The smallest absolute Gasteiger partial charge is 0.191 e. The molecule has 7 heteroatoms. The zero-order valence-corrected chi connectivity index (χ0v) is 17.4. The fourth-order valence-electron chi connectivity index (χ4n) is 3.25. The van der Waals surface area contributed by atoms with Crippen molar-refractivity contribution in [3.05, 3.63) is 0 Å². The van der Waals surface area contributed by atoms with Crippen LogP contribution in [0.1, 0.15) is 45.4 Å². The van der Waals surface area contributed by atoms with Crippen LogP contribution in [0.25, 0.3) is 0 Å². The van der Waals surface area contributed by atoms with Crippen LogP contribution in [0.3, 0.4) is 0 Å². The summed E-state index contributed by atoms with van der Waals surface area (Å²) < 4.78 is 10.6. The summed E-state index contributed by atoms with van der Waals surface area (Å²) in [6.07, 6.45) is 6.20. The number of nitrogens with zero attached hydrogens (tertiary/aromatic N) is 1. The standard InChI is InChI=1S/C17H33N3O3.HI/c1-3-18-15(20-14-17(21)8-11-23-12-9-17)19-13-16(5-4-6-16)7-10-22-2;/h21H,3-14H2,1-2H3,(H2,18,19,20);1H. The van der Waals surface area contributed by atoms with E-state index in [4.69, 9.17) is 14.5 Å². The SMILES string of the molecule is CCNC(=NCC1(CCOC)CCC1)NCC1(O)CCOCC1.I. The number of guanidine groups is 1. The summed E-state index contributed by atoms with van der Waals surface area (Å²) in [4.78, 5) is 4.77. The fraction of sp³-hybridized carbons (Fsp3) is 0.941. The first-order valence-electron chi connectivity index (χ1n) is 8.93. The van der Waals surface area contributed by atoms with E-state index < -0.39 is 5.60 Å². The van der Waals surface area contributed by atoms with Crippen LogP contribution in [0.2, 0.25) is 0 Å². The van der Waals surface area contributed by atoms with Gasteiger partial charge in [0.15, 0.2) is 5.96 Å². The molecule has 0 unspecified atom stereocenters. The van der Waals surface area contributed by atoms with E-state index in [0.717, 1.165) is 32.1 Å². The number of rotatable bonds is 8. The molecular weight excluding hydrogens is 421 g/mol. The molecule has 0 spiro atoms. The molecule has 0 aromatic heterocycles. The predicted molar refractivity (Wildman–Crippen MR) is 107 cm³/mol. The van der Waals surface area contributed by atoms with Crippen LogP contribution in [-0.2, 0) is 9.47 Å². The lowest BCUT2D eigenvalue weighted by atomic mass is 9.67. The summed E-state index contributed by atoms with van der Waals surface area (Å²) in [5.74, 6) is 0.802. The van der Waals surface area contributed by atoms with Crippen molar-refractivity contribution in [3.8, 4) is 0 Å². The number of methoxy groups -OCH3 is 1. The van der Waals surface area contributed by atoms with Crippen LogP contribution in [0.4, 0.5) is 0 Å². The summed E-state index contributed by atoms with van der Waals surface area (Å²) >= 11 is 0. The quantitative estimate of drug-likeness (QED) is 0.296. The van der Waals surface area contributed by atoms with E-state index in [9.17, 15) is 5.11 Å². The van der Waals surface area contributed by atoms with Crippen LogP contribution < -0.4 is 10.6 Å². The molecule has 0 amide bonds. The highest BCUT2D eigenvalue weighted by Crippen LogP contribution is 2.44. The van der Waals surface area contributed by atoms with Gasteiger partial charge in [0, 0.05) is 59.4 Å². The lowest BCUT2D eigenvalue weighted by molar-refractivity contribution is -0.0594. The van der Waals surface area contributed by atoms with Crippen LogP contribution in [0.5, 0.6) is 0 Å². The van der Waals surface area contributed by atoms with Gasteiger partial charge in [-0.05, 0) is 31.6 Å². The Bertz CT molecular complexity index is 383. The topological polar surface area (TPSA) is 75.1 Å². The Morgan fingerprint density at radius 2 is 1.92 bits per heavy atom. The number of halogens is 1. The summed E-state index contributed by atoms with van der Waals surface area (Å²) in [6, 6.07) is 0. The van der Waals surface area contributed by atoms with E-state index in [0.29, 0.717) is 38.0 Å². The minimum Gasteiger partial charge on any atom is -0.388 e. The molecular formula is C17H34IN3O3. The number of ether oxygens (including phenoxy) is 2. The number of aliphatic imine (C=N–C) groups is 1. The molecule has 2 fully saturated rings. The van der Waals surface area contributed by atoms with Gasteiger partial charge in [-0.3, -0.25) is 4.99 Å². The Morgan fingerprint density at radius 3 is 2.46 bits per heavy atom. The molecule has 1 heterocycles. The van der Waals surface area contributed by atoms with Gasteiger partial charge in [-0.2, -0.15) is 0 Å². The van der Waals surface area contributed by atoms with Crippen molar-refractivity contribution in [1.29, 1.82) is 0 Å². The molecule has 0 radical (unpaired) electrons. The molecule has 2 rings (SSSR count).